The smallest absolute Gasteiger partial charge is 0.315 e. The standard InChI is InChI=1S/C16H24N2O3/c1-11-4-6-14(7-5-11)21-10-12(2)17-16(19)18-15-8-9-20-13(15)3/h4-7,12-13,15H,8-10H2,1-3H3,(H2,17,18,19)/t12-,13+,15-/m0/s1. The fraction of sp³-hybridized carbons (Fsp3) is 0.562. The van der Waals surface area contributed by atoms with Crippen molar-refractivity contribution < 1.29 is 14.3 Å². The van der Waals surface area contributed by atoms with Gasteiger partial charge in [0.2, 0.25) is 0 Å². The van der Waals surface area contributed by atoms with Gasteiger partial charge < -0.3 is 20.1 Å². The van der Waals surface area contributed by atoms with Gasteiger partial charge in [0.1, 0.15) is 12.4 Å². The van der Waals surface area contributed by atoms with E-state index in [1.54, 1.807) is 0 Å². The van der Waals surface area contributed by atoms with Crippen LogP contribution in [0.5, 0.6) is 5.75 Å². The van der Waals surface area contributed by atoms with Crippen LogP contribution in [0, 0.1) is 6.92 Å². The molecule has 0 radical (unpaired) electrons. The average molecular weight is 292 g/mol. The minimum atomic E-state index is -0.169. The Bertz CT molecular complexity index is 461. The Kier molecular flexibility index (Phi) is 5.44. The molecule has 1 saturated heterocycles. The molecule has 2 rings (SSSR count). The second-order valence-electron chi connectivity index (χ2n) is 5.61. The maximum Gasteiger partial charge on any atom is 0.315 e. The van der Waals surface area contributed by atoms with Crippen LogP contribution < -0.4 is 15.4 Å². The fourth-order valence-corrected chi connectivity index (χ4v) is 2.25. The summed E-state index contributed by atoms with van der Waals surface area (Å²) >= 11 is 0. The normalized spacial score (nSPS) is 22.6. The first-order valence-electron chi connectivity index (χ1n) is 7.42. The molecule has 2 amide bonds. The first kappa shape index (κ1) is 15.6. The molecule has 2 N–H and O–H groups in total. The molecule has 0 bridgehead atoms. The largest absolute Gasteiger partial charge is 0.491 e. The summed E-state index contributed by atoms with van der Waals surface area (Å²) in [4.78, 5) is 11.9. The maximum atomic E-state index is 11.9. The van der Waals surface area contributed by atoms with Gasteiger partial charge in [-0.1, -0.05) is 17.7 Å². The maximum absolute atomic E-state index is 11.9. The van der Waals surface area contributed by atoms with Crippen molar-refractivity contribution in [3.63, 3.8) is 0 Å². The van der Waals surface area contributed by atoms with Gasteiger partial charge in [0.05, 0.1) is 18.2 Å². The van der Waals surface area contributed by atoms with Crippen LogP contribution >= 0.6 is 0 Å². The Hall–Kier alpha value is -1.75. The molecule has 0 saturated carbocycles. The van der Waals surface area contributed by atoms with Crippen LogP contribution in [0.4, 0.5) is 4.79 Å². The molecule has 21 heavy (non-hydrogen) atoms. The van der Waals surface area contributed by atoms with Crippen LogP contribution in [-0.2, 0) is 4.74 Å². The van der Waals surface area contributed by atoms with Crippen molar-refractivity contribution in [1.29, 1.82) is 0 Å². The lowest BCUT2D eigenvalue weighted by Crippen LogP contribution is -2.48. The van der Waals surface area contributed by atoms with Crippen LogP contribution in [0.25, 0.3) is 0 Å². The first-order chi connectivity index (χ1) is 10.0. The Morgan fingerprint density at radius 3 is 2.76 bits per heavy atom. The molecule has 1 heterocycles. The van der Waals surface area contributed by atoms with Gasteiger partial charge in [-0.2, -0.15) is 0 Å². The second kappa shape index (κ2) is 7.31. The number of hydrogen-bond donors (Lipinski definition) is 2. The van der Waals surface area contributed by atoms with E-state index in [1.165, 1.54) is 5.56 Å². The van der Waals surface area contributed by atoms with Gasteiger partial charge in [-0.3, -0.25) is 0 Å². The highest BCUT2D eigenvalue weighted by atomic mass is 16.5. The van der Waals surface area contributed by atoms with E-state index >= 15 is 0 Å². The van der Waals surface area contributed by atoms with Gasteiger partial charge in [-0.05, 0) is 39.3 Å². The third-order valence-corrected chi connectivity index (χ3v) is 3.59. The molecule has 1 aromatic carbocycles. The molecule has 0 spiro atoms. The first-order valence-corrected chi connectivity index (χ1v) is 7.42. The van der Waals surface area contributed by atoms with Gasteiger partial charge in [-0.25, -0.2) is 4.79 Å². The molecule has 5 heteroatoms. The summed E-state index contributed by atoms with van der Waals surface area (Å²) < 4.78 is 11.1. The summed E-state index contributed by atoms with van der Waals surface area (Å²) in [5.41, 5.74) is 1.20. The number of urea groups is 1. The molecule has 0 unspecified atom stereocenters. The van der Waals surface area contributed by atoms with Gasteiger partial charge >= 0.3 is 6.03 Å². The summed E-state index contributed by atoms with van der Waals surface area (Å²) in [5, 5.41) is 5.81. The van der Waals surface area contributed by atoms with Crippen molar-refractivity contribution in [1.82, 2.24) is 10.6 Å². The number of aryl methyl sites for hydroxylation is 1. The number of ether oxygens (including phenoxy) is 2. The molecule has 0 aliphatic carbocycles. The minimum Gasteiger partial charge on any atom is -0.491 e. The topological polar surface area (TPSA) is 59.6 Å². The Morgan fingerprint density at radius 2 is 2.14 bits per heavy atom. The number of nitrogens with one attached hydrogen (secondary N) is 2. The van der Waals surface area contributed by atoms with E-state index in [0.717, 1.165) is 12.2 Å². The lowest BCUT2D eigenvalue weighted by atomic mass is 10.2. The summed E-state index contributed by atoms with van der Waals surface area (Å²) in [5.74, 6) is 0.812. The number of carbonyl (C=O) groups excluding carboxylic acids is 1. The highest BCUT2D eigenvalue weighted by Crippen LogP contribution is 2.13. The van der Waals surface area contributed by atoms with E-state index in [2.05, 4.69) is 10.6 Å². The molecule has 3 atom stereocenters. The van der Waals surface area contributed by atoms with Gasteiger partial charge in [0.25, 0.3) is 0 Å². The van der Waals surface area contributed by atoms with Gasteiger partial charge in [0.15, 0.2) is 0 Å². The zero-order valence-corrected chi connectivity index (χ0v) is 12.9. The average Bonchev–Trinajstić information content (AvgIpc) is 2.83. The highest BCUT2D eigenvalue weighted by Gasteiger charge is 2.25. The van der Waals surface area contributed by atoms with Crippen LogP contribution in [-0.4, -0.2) is 37.4 Å². The summed E-state index contributed by atoms with van der Waals surface area (Å²) in [6, 6.07) is 7.72. The number of hydrogen-bond acceptors (Lipinski definition) is 3. The van der Waals surface area contributed by atoms with Crippen LogP contribution in [0.15, 0.2) is 24.3 Å². The molecule has 1 fully saturated rings. The third-order valence-electron chi connectivity index (χ3n) is 3.59. The van der Waals surface area contributed by atoms with Crippen molar-refractivity contribution in [3.8, 4) is 5.75 Å². The summed E-state index contributed by atoms with van der Waals surface area (Å²) in [6.07, 6.45) is 0.943. The number of carbonyl (C=O) groups is 1. The van der Waals surface area contributed by atoms with Gasteiger partial charge in [0, 0.05) is 6.61 Å². The van der Waals surface area contributed by atoms with E-state index in [0.29, 0.717) is 13.2 Å². The Labute approximate surface area is 126 Å². The molecular formula is C16H24N2O3. The number of amides is 2. The molecule has 1 aliphatic rings. The SMILES string of the molecule is Cc1ccc(OC[C@H](C)NC(=O)N[C@H]2CCO[C@@H]2C)cc1. The minimum absolute atomic E-state index is 0.0658. The third kappa shape index (κ3) is 4.93. The van der Waals surface area contributed by atoms with Gasteiger partial charge in [-0.15, -0.1) is 0 Å². The Morgan fingerprint density at radius 1 is 1.43 bits per heavy atom. The molecule has 1 aliphatic heterocycles. The quantitative estimate of drug-likeness (QED) is 0.875. The predicted octanol–water partition coefficient (Wildman–Crippen LogP) is 2.24. The Balaban J connectivity index is 1.69. The lowest BCUT2D eigenvalue weighted by Gasteiger charge is -2.19. The van der Waals surface area contributed by atoms with E-state index < -0.39 is 0 Å². The lowest BCUT2D eigenvalue weighted by molar-refractivity contribution is 0.114. The molecule has 116 valence electrons. The monoisotopic (exact) mass is 292 g/mol. The van der Waals surface area contributed by atoms with Crippen molar-refractivity contribution in [3.05, 3.63) is 29.8 Å². The highest BCUT2D eigenvalue weighted by molar-refractivity contribution is 5.74. The number of benzene rings is 1. The van der Waals surface area contributed by atoms with Crippen LogP contribution in [0.3, 0.4) is 0 Å². The summed E-state index contributed by atoms with van der Waals surface area (Å²) in [6.45, 7) is 7.07. The fourth-order valence-electron chi connectivity index (χ4n) is 2.25. The van der Waals surface area contributed by atoms with E-state index in [9.17, 15) is 4.79 Å². The molecular weight excluding hydrogens is 268 g/mol. The van der Waals surface area contributed by atoms with E-state index in [-0.39, 0.29) is 24.2 Å². The molecule has 1 aromatic rings. The summed E-state index contributed by atoms with van der Waals surface area (Å²) in [7, 11) is 0. The number of rotatable bonds is 5. The van der Waals surface area contributed by atoms with E-state index in [4.69, 9.17) is 9.47 Å². The van der Waals surface area contributed by atoms with Crippen molar-refractivity contribution >= 4 is 6.03 Å². The molecule has 5 nitrogen and oxygen atoms in total. The predicted molar refractivity (Wildman–Crippen MR) is 81.6 cm³/mol. The second-order valence-corrected chi connectivity index (χ2v) is 5.61. The van der Waals surface area contributed by atoms with Crippen molar-refractivity contribution in [2.75, 3.05) is 13.2 Å². The van der Waals surface area contributed by atoms with E-state index in [1.807, 2.05) is 45.0 Å². The van der Waals surface area contributed by atoms with Crippen molar-refractivity contribution in [2.45, 2.75) is 45.4 Å². The van der Waals surface area contributed by atoms with Crippen LogP contribution in [0.1, 0.15) is 25.8 Å². The zero-order valence-electron chi connectivity index (χ0n) is 12.9. The molecule has 0 aromatic heterocycles. The van der Waals surface area contributed by atoms with Crippen LogP contribution in [0.2, 0.25) is 0 Å². The zero-order chi connectivity index (χ0) is 15.2. The van der Waals surface area contributed by atoms with Crippen molar-refractivity contribution in [2.24, 2.45) is 0 Å².